The van der Waals surface area contributed by atoms with E-state index >= 15 is 0 Å². The number of imidazole rings is 1. The molecule has 2 heterocycles. The van der Waals surface area contributed by atoms with Crippen LogP contribution < -0.4 is 9.72 Å². The first kappa shape index (κ1) is 18.0. The van der Waals surface area contributed by atoms with Crippen molar-refractivity contribution in [1.82, 2.24) is 10.3 Å². The van der Waals surface area contributed by atoms with Crippen LogP contribution in [-0.2, 0) is 6.42 Å². The van der Waals surface area contributed by atoms with Crippen LogP contribution in [0.3, 0.4) is 0 Å². The SMILES string of the molecule is O=C(NCC1CCc2ccccc21)c1[nH]c(-c2cccc(Cl)c2)c2cccc[n+]12. The fourth-order valence-corrected chi connectivity index (χ4v) is 4.46. The molecule has 144 valence electrons. The van der Waals surface area contributed by atoms with Crippen molar-refractivity contribution in [1.29, 1.82) is 0 Å². The highest BCUT2D eigenvalue weighted by molar-refractivity contribution is 6.30. The summed E-state index contributed by atoms with van der Waals surface area (Å²) in [6.07, 6.45) is 4.06. The highest BCUT2D eigenvalue weighted by atomic mass is 35.5. The minimum atomic E-state index is -0.108. The molecule has 5 rings (SSSR count). The van der Waals surface area contributed by atoms with Gasteiger partial charge in [-0.3, -0.25) is 4.79 Å². The quantitative estimate of drug-likeness (QED) is 0.484. The fourth-order valence-electron chi connectivity index (χ4n) is 4.27. The standard InChI is InChI=1S/C24H20ClN3O/c25-19-8-5-7-17(14-19)22-21-10-3-4-13-28(21)23(27-22)24(29)26-15-18-12-11-16-6-1-2-9-20(16)18/h1-10,13-14,18H,11-12,15H2,(H,26,29)/p+1. The molecule has 2 aromatic heterocycles. The minimum Gasteiger partial charge on any atom is -0.345 e. The second-order valence-corrected chi connectivity index (χ2v) is 7.90. The van der Waals surface area contributed by atoms with Gasteiger partial charge in [-0.15, -0.1) is 0 Å². The summed E-state index contributed by atoms with van der Waals surface area (Å²) in [4.78, 5) is 16.4. The Morgan fingerprint density at radius 1 is 1.10 bits per heavy atom. The Labute approximate surface area is 174 Å². The van der Waals surface area contributed by atoms with Crippen LogP contribution in [0, 0.1) is 0 Å². The second-order valence-electron chi connectivity index (χ2n) is 7.46. The summed E-state index contributed by atoms with van der Waals surface area (Å²) in [5.41, 5.74) is 5.52. The zero-order chi connectivity index (χ0) is 19.8. The summed E-state index contributed by atoms with van der Waals surface area (Å²) in [5.74, 6) is 0.777. The molecule has 1 amide bonds. The summed E-state index contributed by atoms with van der Waals surface area (Å²) in [6.45, 7) is 0.635. The van der Waals surface area contributed by atoms with E-state index in [-0.39, 0.29) is 5.91 Å². The number of aromatic amines is 1. The monoisotopic (exact) mass is 402 g/mol. The van der Waals surface area contributed by atoms with Gasteiger partial charge in [0.05, 0.1) is 6.20 Å². The van der Waals surface area contributed by atoms with Crippen molar-refractivity contribution >= 4 is 23.0 Å². The number of hydrogen-bond donors (Lipinski definition) is 2. The Balaban J connectivity index is 1.44. The molecular formula is C24H21ClN3O+. The predicted octanol–water partition coefficient (Wildman–Crippen LogP) is 4.53. The molecule has 2 N–H and O–H groups in total. The van der Waals surface area contributed by atoms with Gasteiger partial charge in [-0.1, -0.05) is 54.1 Å². The molecule has 1 aliphatic rings. The van der Waals surface area contributed by atoms with Crippen molar-refractivity contribution < 1.29 is 9.20 Å². The molecule has 0 radical (unpaired) electrons. The molecule has 0 saturated heterocycles. The number of aryl methyl sites for hydroxylation is 1. The maximum Gasteiger partial charge on any atom is 0.351 e. The molecule has 0 spiro atoms. The molecule has 0 saturated carbocycles. The van der Waals surface area contributed by atoms with Gasteiger partial charge in [-0.05, 0) is 48.2 Å². The Bertz CT molecular complexity index is 1210. The Morgan fingerprint density at radius 2 is 1.97 bits per heavy atom. The van der Waals surface area contributed by atoms with Gasteiger partial charge in [0.25, 0.3) is 0 Å². The first-order valence-electron chi connectivity index (χ1n) is 9.85. The molecule has 0 aliphatic heterocycles. The predicted molar refractivity (Wildman–Crippen MR) is 114 cm³/mol. The van der Waals surface area contributed by atoms with Gasteiger partial charge in [0, 0.05) is 23.0 Å². The lowest BCUT2D eigenvalue weighted by atomic mass is 10.0. The largest absolute Gasteiger partial charge is 0.351 e. The van der Waals surface area contributed by atoms with E-state index in [1.165, 1.54) is 11.1 Å². The van der Waals surface area contributed by atoms with E-state index in [0.29, 0.717) is 23.3 Å². The second kappa shape index (κ2) is 7.37. The number of nitrogens with one attached hydrogen (secondary N) is 2. The van der Waals surface area contributed by atoms with Crippen molar-refractivity contribution in [2.24, 2.45) is 0 Å². The lowest BCUT2D eigenvalue weighted by Gasteiger charge is -2.11. The number of nitrogens with zero attached hydrogens (tertiary/aromatic N) is 1. The third kappa shape index (κ3) is 3.30. The highest BCUT2D eigenvalue weighted by Gasteiger charge is 2.27. The molecule has 4 aromatic rings. The lowest BCUT2D eigenvalue weighted by Crippen LogP contribution is -2.36. The number of carbonyl (C=O) groups excluding carboxylic acids is 1. The van der Waals surface area contributed by atoms with Gasteiger partial charge in [0.15, 0.2) is 11.2 Å². The van der Waals surface area contributed by atoms with Crippen molar-refractivity contribution in [2.45, 2.75) is 18.8 Å². The summed E-state index contributed by atoms with van der Waals surface area (Å²) < 4.78 is 1.90. The van der Waals surface area contributed by atoms with Gasteiger partial charge in [-0.25, -0.2) is 4.98 Å². The van der Waals surface area contributed by atoms with E-state index in [0.717, 1.165) is 29.6 Å². The molecule has 29 heavy (non-hydrogen) atoms. The van der Waals surface area contributed by atoms with E-state index in [9.17, 15) is 4.79 Å². The topological polar surface area (TPSA) is 49.0 Å². The Kier molecular flexibility index (Phi) is 4.57. The van der Waals surface area contributed by atoms with Crippen molar-refractivity contribution in [3.63, 3.8) is 0 Å². The fraction of sp³-hybridized carbons (Fsp3) is 0.167. The molecule has 2 aromatic carbocycles. The summed E-state index contributed by atoms with van der Waals surface area (Å²) >= 11 is 6.18. The highest BCUT2D eigenvalue weighted by Crippen LogP contribution is 2.32. The number of H-pyrrole nitrogens is 1. The van der Waals surface area contributed by atoms with E-state index in [4.69, 9.17) is 11.6 Å². The molecule has 1 aliphatic carbocycles. The molecule has 4 nitrogen and oxygen atoms in total. The van der Waals surface area contributed by atoms with Gasteiger partial charge >= 0.3 is 11.7 Å². The number of pyridine rings is 1. The zero-order valence-corrected chi connectivity index (χ0v) is 16.6. The minimum absolute atomic E-state index is 0.108. The molecular weight excluding hydrogens is 382 g/mol. The normalized spacial score (nSPS) is 15.4. The molecule has 0 fully saturated rings. The van der Waals surface area contributed by atoms with Crippen LogP contribution in [0.15, 0.2) is 72.9 Å². The summed E-state index contributed by atoms with van der Waals surface area (Å²) in [7, 11) is 0. The maximum absolute atomic E-state index is 13.0. The lowest BCUT2D eigenvalue weighted by molar-refractivity contribution is -0.513. The van der Waals surface area contributed by atoms with Crippen LogP contribution in [0.5, 0.6) is 0 Å². The van der Waals surface area contributed by atoms with Crippen LogP contribution in [0.1, 0.15) is 34.1 Å². The average Bonchev–Trinajstić information content (AvgIpc) is 3.34. The van der Waals surface area contributed by atoms with E-state index in [1.807, 2.05) is 53.1 Å². The third-order valence-electron chi connectivity index (χ3n) is 5.69. The maximum atomic E-state index is 13.0. The van der Waals surface area contributed by atoms with Crippen LogP contribution in [0.25, 0.3) is 16.8 Å². The van der Waals surface area contributed by atoms with Gasteiger partial charge in [-0.2, -0.15) is 4.40 Å². The number of aromatic nitrogens is 2. The van der Waals surface area contributed by atoms with Crippen molar-refractivity contribution in [3.8, 4) is 11.3 Å². The summed E-state index contributed by atoms with van der Waals surface area (Å²) in [6, 6.07) is 22.0. The van der Waals surface area contributed by atoms with Gasteiger partial charge in [0.2, 0.25) is 0 Å². The third-order valence-corrected chi connectivity index (χ3v) is 5.93. The van der Waals surface area contributed by atoms with Crippen LogP contribution >= 0.6 is 11.6 Å². The van der Waals surface area contributed by atoms with Gasteiger partial charge in [0.1, 0.15) is 0 Å². The number of amides is 1. The van der Waals surface area contributed by atoms with Crippen molar-refractivity contribution in [3.05, 3.63) is 94.9 Å². The van der Waals surface area contributed by atoms with E-state index in [2.05, 4.69) is 34.6 Å². The number of carbonyl (C=O) groups is 1. The Hall–Kier alpha value is -3.11. The smallest absolute Gasteiger partial charge is 0.345 e. The molecule has 5 heteroatoms. The first-order valence-corrected chi connectivity index (χ1v) is 10.2. The van der Waals surface area contributed by atoms with Gasteiger partial charge < -0.3 is 5.32 Å². The number of rotatable bonds is 4. The zero-order valence-electron chi connectivity index (χ0n) is 15.9. The molecule has 1 unspecified atom stereocenters. The average molecular weight is 403 g/mol. The number of fused-ring (bicyclic) bond motifs is 2. The van der Waals surface area contributed by atoms with Crippen molar-refractivity contribution in [2.75, 3.05) is 6.54 Å². The molecule has 1 atom stereocenters. The Morgan fingerprint density at radius 3 is 2.86 bits per heavy atom. The number of halogens is 1. The summed E-state index contributed by atoms with van der Waals surface area (Å²) in [5, 5.41) is 3.80. The molecule has 0 bridgehead atoms. The van der Waals surface area contributed by atoms with E-state index < -0.39 is 0 Å². The van der Waals surface area contributed by atoms with Crippen LogP contribution in [0.2, 0.25) is 5.02 Å². The number of hydrogen-bond acceptors (Lipinski definition) is 1. The van der Waals surface area contributed by atoms with Crippen LogP contribution in [0.4, 0.5) is 0 Å². The van der Waals surface area contributed by atoms with E-state index in [1.54, 1.807) is 0 Å². The number of benzene rings is 2. The van der Waals surface area contributed by atoms with Crippen LogP contribution in [-0.4, -0.2) is 17.4 Å². The first-order chi connectivity index (χ1) is 14.2.